The van der Waals surface area contributed by atoms with Crippen LogP contribution in [0.15, 0.2) is 91.3 Å². The van der Waals surface area contributed by atoms with E-state index in [4.69, 9.17) is 0 Å². The van der Waals surface area contributed by atoms with Gasteiger partial charge in [0.2, 0.25) is 0 Å². The second kappa shape index (κ2) is 5.53. The van der Waals surface area contributed by atoms with Gasteiger partial charge < -0.3 is 4.57 Å². The zero-order valence-corrected chi connectivity index (χ0v) is 12.3. The summed E-state index contributed by atoms with van der Waals surface area (Å²) in [7, 11) is 0. The van der Waals surface area contributed by atoms with Gasteiger partial charge in [0.1, 0.15) is 0 Å². The molecule has 0 radical (unpaired) electrons. The van der Waals surface area contributed by atoms with Gasteiger partial charge in [0.05, 0.1) is 0 Å². The molecule has 0 fully saturated rings. The Hall–Kier alpha value is -2.80. The van der Waals surface area contributed by atoms with E-state index in [9.17, 15) is 0 Å². The summed E-state index contributed by atoms with van der Waals surface area (Å²) in [4.78, 5) is 0. The third kappa shape index (κ3) is 2.42. The van der Waals surface area contributed by atoms with Gasteiger partial charge in [-0.2, -0.15) is 0 Å². The molecule has 0 atom stereocenters. The maximum atomic E-state index is 2.24. The Labute approximate surface area is 130 Å². The number of aromatic nitrogens is 1. The van der Waals surface area contributed by atoms with Crippen molar-refractivity contribution in [2.45, 2.75) is 6.54 Å². The standard InChI is InChI=1S/C21H17N/c1-2-7-17(8-3-1)15-22-14-13-19(16-22)21-12-6-10-18-9-4-5-11-20(18)21/h1-14,16H,15H2. The van der Waals surface area contributed by atoms with Crippen molar-refractivity contribution in [2.24, 2.45) is 0 Å². The first kappa shape index (κ1) is 12.9. The SMILES string of the molecule is c1ccc(Cn2ccc(-c3cccc4ccccc34)c2)cc1. The average Bonchev–Trinajstić information content (AvgIpc) is 3.03. The highest BCUT2D eigenvalue weighted by atomic mass is 14.9. The molecule has 0 unspecified atom stereocenters. The summed E-state index contributed by atoms with van der Waals surface area (Å²) < 4.78 is 2.24. The zero-order chi connectivity index (χ0) is 14.8. The quantitative estimate of drug-likeness (QED) is 0.477. The summed E-state index contributed by atoms with van der Waals surface area (Å²) in [6.07, 6.45) is 4.39. The molecule has 0 spiro atoms. The van der Waals surface area contributed by atoms with E-state index in [0.717, 1.165) is 6.54 Å². The van der Waals surface area contributed by atoms with Crippen LogP contribution >= 0.6 is 0 Å². The number of benzene rings is 3. The molecule has 0 aliphatic heterocycles. The van der Waals surface area contributed by atoms with Gasteiger partial charge in [0.25, 0.3) is 0 Å². The largest absolute Gasteiger partial charge is 0.349 e. The van der Waals surface area contributed by atoms with E-state index in [1.165, 1.54) is 27.5 Å². The summed E-state index contributed by atoms with van der Waals surface area (Å²) in [6, 6.07) is 27.8. The lowest BCUT2D eigenvalue weighted by atomic mass is 10.0. The van der Waals surface area contributed by atoms with Crippen LogP contribution < -0.4 is 0 Å². The molecule has 1 heterocycles. The normalized spacial score (nSPS) is 10.9. The van der Waals surface area contributed by atoms with Crippen molar-refractivity contribution in [3.05, 3.63) is 96.8 Å². The molecule has 1 nitrogen and oxygen atoms in total. The Morgan fingerprint density at radius 1 is 0.682 bits per heavy atom. The van der Waals surface area contributed by atoms with Crippen LogP contribution in [0.2, 0.25) is 0 Å². The molecule has 1 aromatic heterocycles. The maximum absolute atomic E-state index is 2.24. The second-order valence-electron chi connectivity index (χ2n) is 5.58. The van der Waals surface area contributed by atoms with Gasteiger partial charge in [-0.15, -0.1) is 0 Å². The fourth-order valence-electron chi connectivity index (χ4n) is 2.97. The third-order valence-corrected chi connectivity index (χ3v) is 4.06. The van der Waals surface area contributed by atoms with Crippen molar-refractivity contribution in [1.82, 2.24) is 4.57 Å². The van der Waals surface area contributed by atoms with Gasteiger partial charge in [-0.25, -0.2) is 0 Å². The first-order valence-electron chi connectivity index (χ1n) is 7.58. The van der Waals surface area contributed by atoms with Crippen LogP contribution in [0.25, 0.3) is 21.9 Å². The minimum absolute atomic E-state index is 0.908. The highest BCUT2D eigenvalue weighted by Gasteiger charge is 2.05. The molecule has 4 rings (SSSR count). The van der Waals surface area contributed by atoms with E-state index in [-0.39, 0.29) is 0 Å². The number of hydrogen-bond acceptors (Lipinski definition) is 0. The van der Waals surface area contributed by atoms with E-state index in [1.807, 2.05) is 0 Å². The van der Waals surface area contributed by atoms with Crippen LogP contribution in [-0.2, 0) is 6.54 Å². The van der Waals surface area contributed by atoms with E-state index in [0.29, 0.717) is 0 Å². The highest BCUT2D eigenvalue weighted by molar-refractivity contribution is 5.96. The van der Waals surface area contributed by atoms with Crippen LogP contribution in [0.3, 0.4) is 0 Å². The Kier molecular flexibility index (Phi) is 3.24. The lowest BCUT2D eigenvalue weighted by molar-refractivity contribution is 0.807. The minimum Gasteiger partial charge on any atom is -0.349 e. The molecule has 0 bridgehead atoms. The molecule has 106 valence electrons. The van der Waals surface area contributed by atoms with Crippen molar-refractivity contribution < 1.29 is 0 Å². The number of nitrogens with zero attached hydrogens (tertiary/aromatic N) is 1. The first-order chi connectivity index (χ1) is 10.9. The highest BCUT2D eigenvalue weighted by Crippen LogP contribution is 2.28. The van der Waals surface area contributed by atoms with Crippen LogP contribution in [-0.4, -0.2) is 4.57 Å². The summed E-state index contributed by atoms with van der Waals surface area (Å²) in [5, 5.41) is 2.60. The van der Waals surface area contributed by atoms with E-state index in [2.05, 4.69) is 95.8 Å². The maximum Gasteiger partial charge on any atom is 0.0470 e. The summed E-state index contributed by atoms with van der Waals surface area (Å²) in [5.41, 5.74) is 3.89. The smallest absolute Gasteiger partial charge is 0.0470 e. The molecule has 0 amide bonds. The summed E-state index contributed by atoms with van der Waals surface area (Å²) in [5.74, 6) is 0. The molecule has 0 aliphatic carbocycles. The van der Waals surface area contributed by atoms with Gasteiger partial charge in [-0.3, -0.25) is 0 Å². The number of fused-ring (bicyclic) bond motifs is 1. The summed E-state index contributed by atoms with van der Waals surface area (Å²) >= 11 is 0. The number of hydrogen-bond donors (Lipinski definition) is 0. The van der Waals surface area contributed by atoms with Crippen molar-refractivity contribution in [1.29, 1.82) is 0 Å². The molecular formula is C21H17N. The first-order valence-corrected chi connectivity index (χ1v) is 7.58. The van der Waals surface area contributed by atoms with E-state index in [1.54, 1.807) is 0 Å². The molecule has 3 aromatic carbocycles. The predicted molar refractivity (Wildman–Crippen MR) is 92.9 cm³/mol. The van der Waals surface area contributed by atoms with Crippen LogP contribution in [0.4, 0.5) is 0 Å². The van der Waals surface area contributed by atoms with Crippen LogP contribution in [0.5, 0.6) is 0 Å². The molecule has 4 aromatic rings. The van der Waals surface area contributed by atoms with Crippen molar-refractivity contribution in [2.75, 3.05) is 0 Å². The number of rotatable bonds is 3. The van der Waals surface area contributed by atoms with Gasteiger partial charge in [0.15, 0.2) is 0 Å². The topological polar surface area (TPSA) is 4.93 Å². The molecular weight excluding hydrogens is 266 g/mol. The second-order valence-corrected chi connectivity index (χ2v) is 5.58. The Bertz CT molecular complexity index is 898. The molecule has 0 saturated carbocycles. The van der Waals surface area contributed by atoms with Crippen molar-refractivity contribution in [3.63, 3.8) is 0 Å². The van der Waals surface area contributed by atoms with Gasteiger partial charge >= 0.3 is 0 Å². The Morgan fingerprint density at radius 3 is 2.36 bits per heavy atom. The fourth-order valence-corrected chi connectivity index (χ4v) is 2.97. The van der Waals surface area contributed by atoms with Gasteiger partial charge in [-0.05, 0) is 33.5 Å². The van der Waals surface area contributed by atoms with E-state index < -0.39 is 0 Å². The predicted octanol–water partition coefficient (Wildman–Crippen LogP) is 5.36. The molecule has 0 saturated heterocycles. The molecule has 0 N–H and O–H groups in total. The monoisotopic (exact) mass is 283 g/mol. The Balaban J connectivity index is 1.71. The van der Waals surface area contributed by atoms with E-state index >= 15 is 0 Å². The molecule has 0 aliphatic rings. The lowest BCUT2D eigenvalue weighted by Gasteiger charge is -2.05. The van der Waals surface area contributed by atoms with Crippen LogP contribution in [0, 0.1) is 0 Å². The van der Waals surface area contributed by atoms with Gasteiger partial charge in [0, 0.05) is 18.9 Å². The molecule has 1 heteroatoms. The zero-order valence-electron chi connectivity index (χ0n) is 12.3. The average molecular weight is 283 g/mol. The minimum atomic E-state index is 0.908. The molecule has 22 heavy (non-hydrogen) atoms. The van der Waals surface area contributed by atoms with Gasteiger partial charge in [-0.1, -0.05) is 72.8 Å². The third-order valence-electron chi connectivity index (χ3n) is 4.06. The van der Waals surface area contributed by atoms with Crippen molar-refractivity contribution >= 4 is 10.8 Å². The summed E-state index contributed by atoms with van der Waals surface area (Å²) in [6.45, 7) is 0.908. The fraction of sp³-hybridized carbons (Fsp3) is 0.0476. The van der Waals surface area contributed by atoms with Crippen molar-refractivity contribution in [3.8, 4) is 11.1 Å². The lowest BCUT2D eigenvalue weighted by Crippen LogP contribution is -1.95. The Morgan fingerprint density at radius 2 is 1.45 bits per heavy atom. The van der Waals surface area contributed by atoms with Crippen LogP contribution in [0.1, 0.15) is 5.56 Å².